The molecule has 0 radical (unpaired) electrons. The van der Waals surface area contributed by atoms with E-state index in [4.69, 9.17) is 0 Å². The molecule has 0 aliphatic carbocycles. The summed E-state index contributed by atoms with van der Waals surface area (Å²) >= 11 is 0. The molecular formula is C17H24FN5O. The number of guanidine groups is 1. The minimum Gasteiger partial charge on any atom is -0.386 e. The van der Waals surface area contributed by atoms with Gasteiger partial charge in [-0.15, -0.1) is 0 Å². The number of aliphatic hydroxyl groups is 1. The molecule has 0 saturated heterocycles. The van der Waals surface area contributed by atoms with Crippen molar-refractivity contribution in [3.63, 3.8) is 0 Å². The van der Waals surface area contributed by atoms with Crippen LogP contribution in [0.3, 0.4) is 0 Å². The molecule has 0 bridgehead atoms. The molecule has 1 heterocycles. The topological polar surface area (TPSA) is 74.5 Å². The fraction of sp³-hybridized carbons (Fsp3) is 0.412. The van der Waals surface area contributed by atoms with Crippen LogP contribution in [0.2, 0.25) is 0 Å². The van der Waals surface area contributed by atoms with Crippen LogP contribution in [0.5, 0.6) is 0 Å². The van der Waals surface area contributed by atoms with Gasteiger partial charge in [-0.1, -0.05) is 18.2 Å². The van der Waals surface area contributed by atoms with Crippen molar-refractivity contribution in [1.82, 2.24) is 20.4 Å². The highest BCUT2D eigenvalue weighted by atomic mass is 19.1. The molecule has 0 spiro atoms. The maximum absolute atomic E-state index is 13.6. The van der Waals surface area contributed by atoms with E-state index in [1.54, 1.807) is 24.4 Å². The van der Waals surface area contributed by atoms with Crippen molar-refractivity contribution in [1.29, 1.82) is 0 Å². The molecule has 1 unspecified atom stereocenters. The monoisotopic (exact) mass is 333 g/mol. The summed E-state index contributed by atoms with van der Waals surface area (Å²) < 4.78 is 15.5. The molecule has 1 atom stereocenters. The number of hydrogen-bond donors (Lipinski definition) is 3. The smallest absolute Gasteiger partial charge is 0.191 e. The maximum Gasteiger partial charge on any atom is 0.191 e. The standard InChI is InChI=1S/C17H24FN5O/c1-2-19-17(20-9-5-11-23-12-6-10-22-23)21-13-16(24)14-7-3-4-8-15(14)18/h3-4,6-8,10,12,16,24H,2,5,9,11,13H2,1H3,(H2,19,20,21). The lowest BCUT2D eigenvalue weighted by Gasteiger charge is -2.13. The lowest BCUT2D eigenvalue weighted by atomic mass is 10.1. The van der Waals surface area contributed by atoms with E-state index in [1.807, 2.05) is 23.9 Å². The molecule has 130 valence electrons. The van der Waals surface area contributed by atoms with Gasteiger partial charge >= 0.3 is 0 Å². The van der Waals surface area contributed by atoms with E-state index >= 15 is 0 Å². The minimum absolute atomic E-state index is 0.0927. The van der Waals surface area contributed by atoms with Crippen molar-refractivity contribution >= 4 is 5.96 Å². The van der Waals surface area contributed by atoms with E-state index in [2.05, 4.69) is 20.7 Å². The summed E-state index contributed by atoms with van der Waals surface area (Å²) in [6.45, 7) is 4.31. The number of aliphatic hydroxyl groups excluding tert-OH is 1. The SMILES string of the molecule is CCNC(=NCC(O)c1ccccc1F)NCCCn1cccn1. The molecule has 24 heavy (non-hydrogen) atoms. The van der Waals surface area contributed by atoms with Crippen molar-refractivity contribution in [2.45, 2.75) is 26.0 Å². The predicted octanol–water partition coefficient (Wildman–Crippen LogP) is 1.70. The van der Waals surface area contributed by atoms with Crippen LogP contribution in [-0.2, 0) is 6.54 Å². The Morgan fingerprint density at radius 1 is 1.33 bits per heavy atom. The number of aromatic nitrogens is 2. The number of rotatable bonds is 8. The number of nitrogens with zero attached hydrogens (tertiary/aromatic N) is 3. The number of benzene rings is 1. The Morgan fingerprint density at radius 2 is 2.17 bits per heavy atom. The number of halogens is 1. The molecule has 2 aromatic rings. The highest BCUT2D eigenvalue weighted by molar-refractivity contribution is 5.79. The third kappa shape index (κ3) is 5.66. The summed E-state index contributed by atoms with van der Waals surface area (Å²) in [5.74, 6) is 0.186. The molecule has 0 amide bonds. The van der Waals surface area contributed by atoms with Crippen LogP contribution in [-0.4, -0.2) is 40.5 Å². The summed E-state index contributed by atoms with van der Waals surface area (Å²) in [6.07, 6.45) is 3.60. The van der Waals surface area contributed by atoms with Gasteiger partial charge in [0.2, 0.25) is 0 Å². The van der Waals surface area contributed by atoms with Gasteiger partial charge in [-0.25, -0.2) is 4.39 Å². The Hall–Kier alpha value is -2.41. The average molecular weight is 333 g/mol. The van der Waals surface area contributed by atoms with E-state index in [9.17, 15) is 9.50 Å². The second-order valence-electron chi connectivity index (χ2n) is 5.31. The van der Waals surface area contributed by atoms with Gasteiger partial charge in [0.25, 0.3) is 0 Å². The second-order valence-corrected chi connectivity index (χ2v) is 5.31. The van der Waals surface area contributed by atoms with Gasteiger partial charge in [-0.3, -0.25) is 9.67 Å². The van der Waals surface area contributed by atoms with Crippen LogP contribution >= 0.6 is 0 Å². The van der Waals surface area contributed by atoms with Gasteiger partial charge in [-0.05, 0) is 25.5 Å². The molecule has 3 N–H and O–H groups in total. The number of aliphatic imine (C=N–C) groups is 1. The lowest BCUT2D eigenvalue weighted by molar-refractivity contribution is 0.182. The highest BCUT2D eigenvalue weighted by Gasteiger charge is 2.11. The largest absolute Gasteiger partial charge is 0.386 e. The van der Waals surface area contributed by atoms with E-state index in [0.717, 1.165) is 19.5 Å². The molecule has 0 fully saturated rings. The van der Waals surface area contributed by atoms with Gasteiger partial charge in [0, 0.05) is 37.6 Å². The fourth-order valence-electron chi connectivity index (χ4n) is 2.24. The normalized spacial score (nSPS) is 12.9. The van der Waals surface area contributed by atoms with Gasteiger partial charge in [-0.2, -0.15) is 5.10 Å². The molecule has 0 aliphatic rings. The first-order chi connectivity index (χ1) is 11.7. The summed E-state index contributed by atoms with van der Waals surface area (Å²) in [6, 6.07) is 8.09. The Labute approximate surface area is 141 Å². The maximum atomic E-state index is 13.6. The van der Waals surface area contributed by atoms with Gasteiger partial charge in [0.05, 0.1) is 6.54 Å². The molecule has 0 aliphatic heterocycles. The number of nitrogens with one attached hydrogen (secondary N) is 2. The average Bonchev–Trinajstić information content (AvgIpc) is 3.10. The molecule has 2 rings (SSSR count). The third-order valence-corrected chi connectivity index (χ3v) is 3.45. The minimum atomic E-state index is -0.967. The van der Waals surface area contributed by atoms with Gasteiger partial charge in [0.1, 0.15) is 11.9 Å². The van der Waals surface area contributed by atoms with Gasteiger partial charge < -0.3 is 15.7 Å². The zero-order valence-corrected chi connectivity index (χ0v) is 13.8. The zero-order chi connectivity index (χ0) is 17.2. The van der Waals surface area contributed by atoms with E-state index in [-0.39, 0.29) is 12.1 Å². The molecule has 1 aromatic heterocycles. The molecule has 0 saturated carbocycles. The quantitative estimate of drug-likeness (QED) is 0.390. The van der Waals surface area contributed by atoms with Crippen LogP contribution in [0.25, 0.3) is 0 Å². The first kappa shape index (κ1) is 17.9. The second kappa shape index (κ2) is 9.67. The van der Waals surface area contributed by atoms with Crippen molar-refractivity contribution < 1.29 is 9.50 Å². The Balaban J connectivity index is 1.82. The van der Waals surface area contributed by atoms with Gasteiger partial charge in [0.15, 0.2) is 5.96 Å². The van der Waals surface area contributed by atoms with Crippen LogP contribution in [0.1, 0.15) is 25.0 Å². The number of hydrogen-bond acceptors (Lipinski definition) is 3. The molecular weight excluding hydrogens is 309 g/mol. The lowest BCUT2D eigenvalue weighted by Crippen LogP contribution is -2.38. The number of aryl methyl sites for hydroxylation is 1. The summed E-state index contributed by atoms with van der Waals surface area (Å²) in [4.78, 5) is 4.32. The van der Waals surface area contributed by atoms with Crippen LogP contribution in [0.15, 0.2) is 47.7 Å². The highest BCUT2D eigenvalue weighted by Crippen LogP contribution is 2.16. The first-order valence-corrected chi connectivity index (χ1v) is 8.12. The van der Waals surface area contributed by atoms with E-state index in [0.29, 0.717) is 12.5 Å². The molecule has 7 heteroatoms. The van der Waals surface area contributed by atoms with Crippen LogP contribution in [0.4, 0.5) is 4.39 Å². The van der Waals surface area contributed by atoms with Crippen molar-refractivity contribution in [3.05, 3.63) is 54.1 Å². The Kier molecular flexibility index (Phi) is 7.22. The Bertz CT molecular complexity index is 630. The molecule has 1 aromatic carbocycles. The van der Waals surface area contributed by atoms with Crippen LogP contribution in [0, 0.1) is 5.82 Å². The van der Waals surface area contributed by atoms with Crippen molar-refractivity contribution in [2.75, 3.05) is 19.6 Å². The van der Waals surface area contributed by atoms with Crippen LogP contribution < -0.4 is 10.6 Å². The fourth-order valence-corrected chi connectivity index (χ4v) is 2.24. The Morgan fingerprint density at radius 3 is 2.88 bits per heavy atom. The van der Waals surface area contributed by atoms with Crippen molar-refractivity contribution in [2.24, 2.45) is 4.99 Å². The zero-order valence-electron chi connectivity index (χ0n) is 13.8. The van der Waals surface area contributed by atoms with E-state index in [1.165, 1.54) is 6.07 Å². The van der Waals surface area contributed by atoms with Crippen molar-refractivity contribution in [3.8, 4) is 0 Å². The third-order valence-electron chi connectivity index (χ3n) is 3.45. The summed E-state index contributed by atoms with van der Waals surface area (Å²) in [5, 5.41) is 20.6. The molecule has 6 nitrogen and oxygen atoms in total. The summed E-state index contributed by atoms with van der Waals surface area (Å²) in [5.41, 5.74) is 0.260. The summed E-state index contributed by atoms with van der Waals surface area (Å²) in [7, 11) is 0. The first-order valence-electron chi connectivity index (χ1n) is 8.12. The predicted molar refractivity (Wildman–Crippen MR) is 92.2 cm³/mol. The van der Waals surface area contributed by atoms with E-state index < -0.39 is 11.9 Å².